The number of carbonyl (C=O) groups is 3. The van der Waals surface area contributed by atoms with E-state index in [-0.39, 0.29) is 18.4 Å². The Morgan fingerprint density at radius 3 is 2.56 bits per heavy atom. The standard InChI is InChI=1S/C11H18N2O5/c1-18-9(14)5-8(11(16)17)13-10(15)6-3-2-4-7(6)12/h6-8H,2-5,12H2,1H3,(H,13,15)(H,16,17)/t6?,7?,8-/m0/s1. The van der Waals surface area contributed by atoms with Crippen molar-refractivity contribution in [1.82, 2.24) is 5.32 Å². The minimum Gasteiger partial charge on any atom is -0.480 e. The number of carboxylic acids is 1. The van der Waals surface area contributed by atoms with Crippen LogP contribution in [-0.2, 0) is 19.1 Å². The van der Waals surface area contributed by atoms with Gasteiger partial charge in [-0.15, -0.1) is 0 Å². The van der Waals surface area contributed by atoms with Crippen LogP contribution in [0.15, 0.2) is 0 Å². The molecule has 0 spiro atoms. The number of methoxy groups -OCH3 is 1. The lowest BCUT2D eigenvalue weighted by Crippen LogP contribution is -2.47. The number of ether oxygens (including phenoxy) is 1. The molecule has 0 saturated heterocycles. The van der Waals surface area contributed by atoms with Crippen molar-refractivity contribution in [3.05, 3.63) is 0 Å². The number of hydrogen-bond donors (Lipinski definition) is 3. The molecule has 1 aliphatic carbocycles. The normalized spacial score (nSPS) is 24.3. The Bertz CT molecular complexity index is 344. The largest absolute Gasteiger partial charge is 0.480 e. The monoisotopic (exact) mass is 258 g/mol. The lowest BCUT2D eigenvalue weighted by Gasteiger charge is -2.19. The molecular formula is C11H18N2O5. The van der Waals surface area contributed by atoms with Crippen molar-refractivity contribution >= 4 is 17.8 Å². The van der Waals surface area contributed by atoms with Gasteiger partial charge in [0.05, 0.1) is 19.4 Å². The molecule has 3 atom stereocenters. The van der Waals surface area contributed by atoms with E-state index in [1.54, 1.807) is 0 Å². The van der Waals surface area contributed by atoms with E-state index in [1.165, 1.54) is 0 Å². The molecule has 0 bridgehead atoms. The van der Waals surface area contributed by atoms with E-state index in [0.717, 1.165) is 20.0 Å². The van der Waals surface area contributed by atoms with E-state index >= 15 is 0 Å². The summed E-state index contributed by atoms with van der Waals surface area (Å²) >= 11 is 0. The molecule has 0 radical (unpaired) electrons. The van der Waals surface area contributed by atoms with Crippen molar-refractivity contribution < 1.29 is 24.2 Å². The predicted octanol–water partition coefficient (Wildman–Crippen LogP) is -0.754. The van der Waals surface area contributed by atoms with Crippen molar-refractivity contribution in [2.75, 3.05) is 7.11 Å². The zero-order valence-electron chi connectivity index (χ0n) is 10.2. The Labute approximate surface area is 105 Å². The third-order valence-electron chi connectivity index (χ3n) is 3.12. The van der Waals surface area contributed by atoms with Crippen molar-refractivity contribution in [2.24, 2.45) is 11.7 Å². The maximum atomic E-state index is 11.8. The third kappa shape index (κ3) is 3.69. The molecule has 102 valence electrons. The van der Waals surface area contributed by atoms with Gasteiger partial charge in [0.1, 0.15) is 6.04 Å². The van der Waals surface area contributed by atoms with E-state index in [4.69, 9.17) is 10.8 Å². The van der Waals surface area contributed by atoms with Crippen LogP contribution in [0.25, 0.3) is 0 Å². The van der Waals surface area contributed by atoms with Gasteiger partial charge in [0.25, 0.3) is 0 Å². The molecule has 1 aliphatic rings. The molecule has 7 heteroatoms. The van der Waals surface area contributed by atoms with Gasteiger partial charge in [-0.25, -0.2) is 4.79 Å². The van der Waals surface area contributed by atoms with Crippen LogP contribution in [0.5, 0.6) is 0 Å². The van der Waals surface area contributed by atoms with Gasteiger partial charge in [-0.2, -0.15) is 0 Å². The predicted molar refractivity (Wildman–Crippen MR) is 61.5 cm³/mol. The highest BCUT2D eigenvalue weighted by Gasteiger charge is 2.33. The Hall–Kier alpha value is -1.63. The number of aliphatic carboxylic acids is 1. The number of rotatable bonds is 5. The molecule has 4 N–H and O–H groups in total. The minimum absolute atomic E-state index is 0.238. The Kier molecular flexibility index (Phi) is 5.08. The molecule has 7 nitrogen and oxygen atoms in total. The molecule has 18 heavy (non-hydrogen) atoms. The van der Waals surface area contributed by atoms with E-state index in [0.29, 0.717) is 6.42 Å². The van der Waals surface area contributed by atoms with Gasteiger partial charge in [-0.3, -0.25) is 9.59 Å². The molecule has 0 heterocycles. The summed E-state index contributed by atoms with van der Waals surface area (Å²) in [6, 6.07) is -1.50. The molecule has 0 aromatic heterocycles. The zero-order valence-corrected chi connectivity index (χ0v) is 10.2. The summed E-state index contributed by atoms with van der Waals surface area (Å²) in [5.41, 5.74) is 5.76. The Morgan fingerprint density at radius 1 is 1.44 bits per heavy atom. The molecule has 0 aromatic carbocycles. The Morgan fingerprint density at radius 2 is 2.11 bits per heavy atom. The van der Waals surface area contributed by atoms with Crippen LogP contribution < -0.4 is 11.1 Å². The summed E-state index contributed by atoms with van der Waals surface area (Å²) in [6.45, 7) is 0. The maximum Gasteiger partial charge on any atom is 0.326 e. The lowest BCUT2D eigenvalue weighted by molar-refractivity contribution is -0.149. The summed E-state index contributed by atoms with van der Waals surface area (Å²) in [6.07, 6.45) is 1.87. The van der Waals surface area contributed by atoms with Crippen LogP contribution in [0.3, 0.4) is 0 Å². The maximum absolute atomic E-state index is 11.8. The van der Waals surface area contributed by atoms with Gasteiger partial charge < -0.3 is 20.9 Å². The molecule has 0 aliphatic heterocycles. The highest BCUT2D eigenvalue weighted by atomic mass is 16.5. The van der Waals surface area contributed by atoms with Crippen molar-refractivity contribution in [3.8, 4) is 0 Å². The third-order valence-corrected chi connectivity index (χ3v) is 3.12. The van der Waals surface area contributed by atoms with Crippen LogP contribution in [-0.4, -0.2) is 42.1 Å². The molecule has 1 rings (SSSR count). The lowest BCUT2D eigenvalue weighted by atomic mass is 10.0. The fourth-order valence-corrected chi connectivity index (χ4v) is 2.04. The molecule has 1 saturated carbocycles. The number of hydrogen-bond acceptors (Lipinski definition) is 5. The minimum atomic E-state index is -1.27. The summed E-state index contributed by atoms with van der Waals surface area (Å²) in [7, 11) is 1.16. The van der Waals surface area contributed by atoms with Crippen LogP contribution in [0.1, 0.15) is 25.7 Å². The van der Waals surface area contributed by atoms with Gasteiger partial charge in [0.15, 0.2) is 0 Å². The van der Waals surface area contributed by atoms with Crippen LogP contribution in [0.2, 0.25) is 0 Å². The topological polar surface area (TPSA) is 119 Å². The summed E-state index contributed by atoms with van der Waals surface area (Å²) < 4.78 is 4.38. The van der Waals surface area contributed by atoms with Crippen LogP contribution >= 0.6 is 0 Å². The van der Waals surface area contributed by atoms with E-state index in [9.17, 15) is 14.4 Å². The summed E-state index contributed by atoms with van der Waals surface area (Å²) in [5.74, 6) is -2.72. The molecule has 1 amide bonds. The quantitative estimate of drug-likeness (QED) is 0.558. The van der Waals surface area contributed by atoms with Gasteiger partial charge in [0, 0.05) is 6.04 Å². The second kappa shape index (κ2) is 6.34. The first-order valence-electron chi connectivity index (χ1n) is 5.81. The van der Waals surface area contributed by atoms with E-state index < -0.39 is 23.9 Å². The first-order chi connectivity index (χ1) is 8.45. The van der Waals surface area contributed by atoms with Crippen LogP contribution in [0, 0.1) is 5.92 Å². The number of esters is 1. The fraction of sp³-hybridized carbons (Fsp3) is 0.727. The first-order valence-corrected chi connectivity index (χ1v) is 5.81. The van der Waals surface area contributed by atoms with Crippen molar-refractivity contribution in [2.45, 2.75) is 37.8 Å². The Balaban J connectivity index is 2.57. The summed E-state index contributed by atoms with van der Waals surface area (Å²) in [5, 5.41) is 11.3. The highest BCUT2D eigenvalue weighted by Crippen LogP contribution is 2.24. The number of nitrogens with one attached hydrogen (secondary N) is 1. The molecule has 1 fully saturated rings. The van der Waals surface area contributed by atoms with Gasteiger partial charge in [-0.05, 0) is 12.8 Å². The second-order valence-corrected chi connectivity index (χ2v) is 4.38. The smallest absolute Gasteiger partial charge is 0.326 e. The summed E-state index contributed by atoms with van der Waals surface area (Å²) in [4.78, 5) is 33.8. The van der Waals surface area contributed by atoms with Gasteiger partial charge in [-0.1, -0.05) is 6.42 Å². The number of amides is 1. The molecule has 0 aromatic rings. The second-order valence-electron chi connectivity index (χ2n) is 4.38. The highest BCUT2D eigenvalue weighted by molar-refractivity contribution is 5.88. The molecular weight excluding hydrogens is 240 g/mol. The average molecular weight is 258 g/mol. The SMILES string of the molecule is COC(=O)C[C@H](NC(=O)C1CCCC1N)C(=O)O. The van der Waals surface area contributed by atoms with Crippen molar-refractivity contribution in [3.63, 3.8) is 0 Å². The van der Waals surface area contributed by atoms with Gasteiger partial charge >= 0.3 is 11.9 Å². The number of carbonyl (C=O) groups excluding carboxylic acids is 2. The van der Waals surface area contributed by atoms with E-state index in [2.05, 4.69) is 10.1 Å². The number of nitrogens with two attached hydrogens (primary N) is 1. The fourth-order valence-electron chi connectivity index (χ4n) is 2.04. The van der Waals surface area contributed by atoms with Crippen molar-refractivity contribution in [1.29, 1.82) is 0 Å². The van der Waals surface area contributed by atoms with Gasteiger partial charge in [0.2, 0.25) is 5.91 Å². The zero-order chi connectivity index (χ0) is 13.7. The van der Waals surface area contributed by atoms with Crippen LogP contribution in [0.4, 0.5) is 0 Å². The molecule has 2 unspecified atom stereocenters. The number of carboxylic acid groups (broad SMARTS) is 1. The first kappa shape index (κ1) is 14.4. The average Bonchev–Trinajstić information content (AvgIpc) is 2.74. The van der Waals surface area contributed by atoms with E-state index in [1.807, 2.05) is 0 Å².